The number of hydrogen-bond acceptors (Lipinski definition) is 3. The van der Waals surface area contributed by atoms with E-state index in [-0.39, 0.29) is 5.56 Å². The van der Waals surface area contributed by atoms with Gasteiger partial charge in [-0.25, -0.2) is 13.6 Å². The third-order valence-electron chi connectivity index (χ3n) is 3.31. The number of benzene rings is 2. The monoisotopic (exact) mass is 349 g/mol. The van der Waals surface area contributed by atoms with Crippen LogP contribution in [0.25, 0.3) is 0 Å². The van der Waals surface area contributed by atoms with Crippen molar-refractivity contribution in [1.29, 1.82) is 0 Å². The van der Waals surface area contributed by atoms with Crippen molar-refractivity contribution < 1.29 is 23.0 Å². The van der Waals surface area contributed by atoms with Crippen molar-refractivity contribution in [2.75, 3.05) is 7.11 Å². The average Bonchev–Trinajstić information content (AvgIpc) is 2.50. The maximum atomic E-state index is 13.6. The van der Waals surface area contributed by atoms with Gasteiger partial charge in [0.15, 0.2) is 0 Å². The molecule has 1 amide bonds. The maximum Gasteiger partial charge on any atom is 0.408 e. The molecule has 0 radical (unpaired) electrons. The van der Waals surface area contributed by atoms with Crippen molar-refractivity contribution >= 4 is 6.09 Å². The Morgan fingerprint density at radius 1 is 1.04 bits per heavy atom. The number of amides is 1. The van der Waals surface area contributed by atoms with Crippen molar-refractivity contribution in [1.82, 2.24) is 5.32 Å². The van der Waals surface area contributed by atoms with Gasteiger partial charge in [-0.1, -0.05) is 12.1 Å². The van der Waals surface area contributed by atoms with E-state index in [1.807, 2.05) is 0 Å². The quantitative estimate of drug-likeness (QED) is 0.878. The molecule has 0 aromatic heterocycles. The number of hydrogen-bond donors (Lipinski definition) is 1. The average molecular weight is 349 g/mol. The molecule has 134 valence electrons. The van der Waals surface area contributed by atoms with Crippen LogP contribution in [0.2, 0.25) is 0 Å². The number of carbonyl (C=O) groups excluding carboxylic acids is 1. The summed E-state index contributed by atoms with van der Waals surface area (Å²) in [5, 5.41) is 2.66. The Bertz CT molecular complexity index is 736. The molecule has 1 unspecified atom stereocenters. The lowest BCUT2D eigenvalue weighted by molar-refractivity contribution is 0.0512. The van der Waals surface area contributed by atoms with Crippen LogP contribution >= 0.6 is 0 Å². The van der Waals surface area contributed by atoms with E-state index in [9.17, 15) is 13.6 Å². The molecule has 2 aromatic carbocycles. The minimum absolute atomic E-state index is 0.261. The van der Waals surface area contributed by atoms with Crippen molar-refractivity contribution in [3.63, 3.8) is 0 Å². The molecule has 0 aliphatic heterocycles. The van der Waals surface area contributed by atoms with E-state index in [0.717, 1.165) is 6.07 Å². The SMILES string of the molecule is COc1cccc(C(NC(=O)OC(C)(C)C)c2cc(F)cc(F)c2)c1. The lowest BCUT2D eigenvalue weighted by atomic mass is 9.98. The van der Waals surface area contributed by atoms with Crippen molar-refractivity contribution in [2.24, 2.45) is 0 Å². The lowest BCUT2D eigenvalue weighted by Crippen LogP contribution is -2.35. The zero-order valence-electron chi connectivity index (χ0n) is 14.6. The molecular formula is C19H21F2NO3. The standard InChI is InChI=1S/C19H21F2NO3/c1-19(2,3)25-18(23)22-17(12-6-5-7-16(10-12)24-4)13-8-14(20)11-15(21)9-13/h5-11,17H,1-4H3,(H,22,23). The van der Waals surface area contributed by atoms with Crippen molar-refractivity contribution in [3.8, 4) is 5.75 Å². The first-order valence-corrected chi connectivity index (χ1v) is 7.77. The summed E-state index contributed by atoms with van der Waals surface area (Å²) in [4.78, 5) is 12.2. The van der Waals surface area contributed by atoms with Gasteiger partial charge in [0.25, 0.3) is 0 Å². The molecule has 0 fully saturated rings. The Labute approximate surface area is 145 Å². The van der Waals surface area contributed by atoms with Gasteiger partial charge in [0.2, 0.25) is 0 Å². The van der Waals surface area contributed by atoms with Crippen LogP contribution in [0.1, 0.15) is 37.9 Å². The molecule has 2 aromatic rings. The summed E-state index contributed by atoms with van der Waals surface area (Å²) in [6, 6.07) is 9.20. The molecule has 2 rings (SSSR count). The topological polar surface area (TPSA) is 47.6 Å². The van der Waals surface area contributed by atoms with Crippen molar-refractivity contribution in [2.45, 2.75) is 32.4 Å². The third kappa shape index (κ3) is 5.45. The summed E-state index contributed by atoms with van der Waals surface area (Å²) in [5.74, 6) is -0.895. The lowest BCUT2D eigenvalue weighted by Gasteiger charge is -2.24. The van der Waals surface area contributed by atoms with Crippen LogP contribution in [0.5, 0.6) is 5.75 Å². The Kier molecular flexibility index (Phi) is 5.62. The van der Waals surface area contributed by atoms with Crippen LogP contribution in [0, 0.1) is 11.6 Å². The first-order chi connectivity index (χ1) is 11.7. The Hall–Kier alpha value is -2.63. The molecular weight excluding hydrogens is 328 g/mol. The van der Waals surface area contributed by atoms with Crippen molar-refractivity contribution in [3.05, 3.63) is 65.2 Å². The second-order valence-electron chi connectivity index (χ2n) is 6.56. The maximum absolute atomic E-state index is 13.6. The van der Waals surface area contributed by atoms with Gasteiger partial charge in [0.05, 0.1) is 13.2 Å². The highest BCUT2D eigenvalue weighted by Crippen LogP contribution is 2.27. The second-order valence-corrected chi connectivity index (χ2v) is 6.56. The molecule has 0 saturated heterocycles. The number of ether oxygens (including phenoxy) is 2. The zero-order valence-corrected chi connectivity index (χ0v) is 14.6. The number of nitrogens with one attached hydrogen (secondary N) is 1. The third-order valence-corrected chi connectivity index (χ3v) is 3.31. The molecule has 0 spiro atoms. The summed E-state index contributed by atoms with van der Waals surface area (Å²) in [7, 11) is 1.51. The van der Waals surface area contributed by atoms with Gasteiger partial charge < -0.3 is 14.8 Å². The summed E-state index contributed by atoms with van der Waals surface area (Å²) in [6.45, 7) is 5.19. The van der Waals surface area contributed by atoms with E-state index in [1.54, 1.807) is 45.0 Å². The molecule has 0 aliphatic rings. The summed E-state index contributed by atoms with van der Waals surface area (Å²) in [6.07, 6.45) is -0.690. The number of rotatable bonds is 4. The Morgan fingerprint density at radius 3 is 2.24 bits per heavy atom. The Balaban J connectivity index is 2.41. The molecule has 0 aliphatic carbocycles. The first-order valence-electron chi connectivity index (χ1n) is 7.77. The van der Waals surface area contributed by atoms with E-state index in [2.05, 4.69) is 5.32 Å². The van der Waals surface area contributed by atoms with Crippen LogP contribution in [0.15, 0.2) is 42.5 Å². The van der Waals surface area contributed by atoms with Gasteiger partial charge in [-0.2, -0.15) is 0 Å². The van der Waals surface area contributed by atoms with Gasteiger partial charge in [0.1, 0.15) is 23.0 Å². The molecule has 0 saturated carbocycles. The molecule has 4 nitrogen and oxygen atoms in total. The minimum Gasteiger partial charge on any atom is -0.497 e. The second kappa shape index (κ2) is 7.51. The Morgan fingerprint density at radius 2 is 1.68 bits per heavy atom. The predicted octanol–water partition coefficient (Wildman–Crippen LogP) is 4.59. The van der Waals surface area contributed by atoms with Gasteiger partial charge >= 0.3 is 6.09 Å². The van der Waals surface area contributed by atoms with Gasteiger partial charge in [-0.05, 0) is 56.2 Å². The zero-order chi connectivity index (χ0) is 18.6. The number of carbonyl (C=O) groups is 1. The first kappa shape index (κ1) is 18.7. The fourth-order valence-electron chi connectivity index (χ4n) is 2.35. The number of halogens is 2. The number of alkyl carbamates (subject to hydrolysis) is 1. The summed E-state index contributed by atoms with van der Waals surface area (Å²) in [5.41, 5.74) is 0.169. The highest BCUT2D eigenvalue weighted by atomic mass is 19.1. The van der Waals surface area contributed by atoms with Crippen LogP contribution in [-0.2, 0) is 4.74 Å². The van der Waals surface area contributed by atoms with E-state index >= 15 is 0 Å². The minimum atomic E-state index is -0.796. The highest BCUT2D eigenvalue weighted by Gasteiger charge is 2.23. The van der Waals surface area contributed by atoms with Crippen LogP contribution in [0.4, 0.5) is 13.6 Å². The largest absolute Gasteiger partial charge is 0.497 e. The van der Waals surface area contributed by atoms with Crippen LogP contribution < -0.4 is 10.1 Å². The van der Waals surface area contributed by atoms with Gasteiger partial charge in [-0.3, -0.25) is 0 Å². The predicted molar refractivity (Wildman–Crippen MR) is 90.6 cm³/mol. The summed E-state index contributed by atoms with van der Waals surface area (Å²) >= 11 is 0. The van der Waals surface area contributed by atoms with Crippen LogP contribution in [-0.4, -0.2) is 18.8 Å². The molecule has 1 N–H and O–H groups in total. The molecule has 6 heteroatoms. The fraction of sp³-hybridized carbons (Fsp3) is 0.316. The fourth-order valence-corrected chi connectivity index (χ4v) is 2.35. The molecule has 0 heterocycles. The normalized spacial score (nSPS) is 12.4. The van der Waals surface area contributed by atoms with Crippen LogP contribution in [0.3, 0.4) is 0 Å². The molecule has 25 heavy (non-hydrogen) atoms. The molecule has 1 atom stereocenters. The van der Waals surface area contributed by atoms with Gasteiger partial charge in [-0.15, -0.1) is 0 Å². The van der Waals surface area contributed by atoms with E-state index in [0.29, 0.717) is 11.3 Å². The van der Waals surface area contributed by atoms with E-state index in [1.165, 1.54) is 19.2 Å². The van der Waals surface area contributed by atoms with Gasteiger partial charge in [0, 0.05) is 6.07 Å². The summed E-state index contributed by atoms with van der Waals surface area (Å²) < 4.78 is 37.7. The highest BCUT2D eigenvalue weighted by molar-refractivity contribution is 5.69. The molecule has 0 bridgehead atoms. The van der Waals surface area contributed by atoms with E-state index < -0.39 is 29.4 Å². The number of methoxy groups -OCH3 is 1. The smallest absolute Gasteiger partial charge is 0.408 e. The van der Waals surface area contributed by atoms with E-state index in [4.69, 9.17) is 9.47 Å².